The zero-order chi connectivity index (χ0) is 22.6. The van der Waals surface area contributed by atoms with Crippen LogP contribution in [0.2, 0.25) is 10.0 Å². The lowest BCUT2D eigenvalue weighted by atomic mass is 10.2. The molecule has 0 unspecified atom stereocenters. The first-order valence-electron chi connectivity index (χ1n) is 10.8. The minimum absolute atomic E-state index is 0.384. The van der Waals surface area contributed by atoms with Crippen molar-refractivity contribution in [1.29, 1.82) is 0 Å². The van der Waals surface area contributed by atoms with Crippen LogP contribution in [0.1, 0.15) is 18.6 Å². The summed E-state index contributed by atoms with van der Waals surface area (Å²) in [5.41, 5.74) is 3.64. The van der Waals surface area contributed by atoms with Crippen LogP contribution < -0.4 is 15.2 Å². The summed E-state index contributed by atoms with van der Waals surface area (Å²) in [6, 6.07) is 9.04. The van der Waals surface area contributed by atoms with Crippen molar-refractivity contribution in [3.8, 4) is 11.3 Å². The third-order valence-corrected chi connectivity index (χ3v) is 6.31. The molecular weight excluding hydrogens is 465 g/mol. The molecule has 2 fully saturated rings. The first kappa shape index (κ1) is 21.9. The molecule has 1 aromatic carbocycles. The predicted molar refractivity (Wildman–Crippen MR) is 130 cm³/mol. The molecule has 2 saturated heterocycles. The number of furan rings is 1. The number of nitrogens with one attached hydrogen (secondary N) is 1. The number of anilines is 3. The second-order valence-corrected chi connectivity index (χ2v) is 8.51. The zero-order valence-corrected chi connectivity index (χ0v) is 19.4. The number of hydrogen-bond donors (Lipinski definition) is 1. The van der Waals surface area contributed by atoms with Gasteiger partial charge in [-0.05, 0) is 37.1 Å². The first-order chi connectivity index (χ1) is 16.2. The first-order valence-corrected chi connectivity index (χ1v) is 11.6. The highest BCUT2D eigenvalue weighted by molar-refractivity contribution is 6.43. The molecule has 1 N–H and O–H groups in total. The summed E-state index contributed by atoms with van der Waals surface area (Å²) >= 11 is 12.4. The van der Waals surface area contributed by atoms with Crippen LogP contribution in [-0.2, 0) is 4.74 Å². The number of nitrogens with zero attached hydrogens (tertiary/aromatic N) is 6. The van der Waals surface area contributed by atoms with Gasteiger partial charge in [-0.2, -0.15) is 20.1 Å². The fourth-order valence-corrected chi connectivity index (χ4v) is 4.18. The Hall–Kier alpha value is -2.88. The Morgan fingerprint density at radius 2 is 1.64 bits per heavy atom. The number of hydrogen-bond acceptors (Lipinski definition) is 9. The number of ether oxygens (including phenoxy) is 1. The molecule has 0 atom stereocenters. The molecule has 5 rings (SSSR count). The van der Waals surface area contributed by atoms with Crippen LogP contribution in [0.3, 0.4) is 0 Å². The van der Waals surface area contributed by atoms with Gasteiger partial charge in [0.05, 0.1) is 29.5 Å². The number of aromatic nitrogens is 3. The molecule has 4 heterocycles. The Balaban J connectivity index is 1.34. The standard InChI is InChI=1S/C22H23Cl2N7O2/c23-17-5-3-4-16(19(17)24)18-7-6-15(33-18)14-25-29-20-26-21(30-8-1-2-9-30)28-22(27-20)31-10-12-32-13-11-31/h3-7,14H,1-2,8-13H2,(H,26,27,28,29). The van der Waals surface area contributed by atoms with Crippen LogP contribution >= 0.6 is 23.2 Å². The van der Waals surface area contributed by atoms with Crippen LogP contribution in [0.5, 0.6) is 0 Å². The van der Waals surface area contributed by atoms with Crippen molar-refractivity contribution >= 4 is 47.3 Å². The Labute approximate surface area is 201 Å². The molecule has 11 heteroatoms. The maximum Gasteiger partial charge on any atom is 0.250 e. The van der Waals surface area contributed by atoms with Crippen LogP contribution in [0.15, 0.2) is 39.9 Å². The lowest BCUT2D eigenvalue weighted by molar-refractivity contribution is 0.122. The lowest BCUT2D eigenvalue weighted by Gasteiger charge is -2.27. The molecule has 0 spiro atoms. The van der Waals surface area contributed by atoms with Crippen LogP contribution in [0.4, 0.5) is 17.8 Å². The molecular formula is C22H23Cl2N7O2. The fraction of sp³-hybridized carbons (Fsp3) is 0.364. The van der Waals surface area contributed by atoms with Crippen molar-refractivity contribution < 1.29 is 9.15 Å². The van der Waals surface area contributed by atoms with E-state index in [1.165, 1.54) is 0 Å². The van der Waals surface area contributed by atoms with Crippen LogP contribution in [0, 0.1) is 0 Å². The molecule has 0 saturated carbocycles. The summed E-state index contributed by atoms with van der Waals surface area (Å²) in [5, 5.41) is 5.19. The smallest absolute Gasteiger partial charge is 0.250 e. The monoisotopic (exact) mass is 487 g/mol. The molecule has 9 nitrogen and oxygen atoms in total. The van der Waals surface area contributed by atoms with E-state index in [1.807, 2.05) is 18.2 Å². The molecule has 0 radical (unpaired) electrons. The van der Waals surface area contributed by atoms with E-state index < -0.39 is 0 Å². The number of morpholine rings is 1. The van der Waals surface area contributed by atoms with Crippen molar-refractivity contribution in [3.05, 3.63) is 46.1 Å². The van der Waals surface area contributed by atoms with E-state index in [4.69, 9.17) is 37.3 Å². The van der Waals surface area contributed by atoms with Gasteiger partial charge in [-0.15, -0.1) is 0 Å². The van der Waals surface area contributed by atoms with E-state index >= 15 is 0 Å². The van der Waals surface area contributed by atoms with E-state index in [2.05, 4.69) is 30.3 Å². The molecule has 2 aliphatic rings. The predicted octanol–water partition coefficient (Wildman–Crippen LogP) is 4.32. The highest BCUT2D eigenvalue weighted by Crippen LogP contribution is 2.34. The van der Waals surface area contributed by atoms with Gasteiger partial charge in [0, 0.05) is 31.7 Å². The third-order valence-electron chi connectivity index (χ3n) is 5.49. The highest BCUT2D eigenvalue weighted by atomic mass is 35.5. The Kier molecular flexibility index (Phi) is 6.61. The van der Waals surface area contributed by atoms with E-state index in [-0.39, 0.29) is 0 Å². The van der Waals surface area contributed by atoms with Gasteiger partial charge in [0.1, 0.15) is 11.5 Å². The second-order valence-electron chi connectivity index (χ2n) is 7.73. The minimum atomic E-state index is 0.384. The number of halogens is 2. The van der Waals surface area contributed by atoms with Crippen molar-refractivity contribution in [2.24, 2.45) is 5.10 Å². The summed E-state index contributed by atoms with van der Waals surface area (Å²) in [6.07, 6.45) is 3.84. The quantitative estimate of drug-likeness (QED) is 0.405. The molecule has 2 aliphatic heterocycles. The topological polar surface area (TPSA) is 91.9 Å². The van der Waals surface area contributed by atoms with Gasteiger partial charge < -0.3 is 19.0 Å². The van der Waals surface area contributed by atoms with Gasteiger partial charge in [-0.3, -0.25) is 0 Å². The van der Waals surface area contributed by atoms with Gasteiger partial charge in [-0.1, -0.05) is 29.3 Å². The molecule has 0 amide bonds. The van der Waals surface area contributed by atoms with E-state index in [9.17, 15) is 0 Å². The van der Waals surface area contributed by atoms with Gasteiger partial charge in [0.2, 0.25) is 17.8 Å². The van der Waals surface area contributed by atoms with Crippen molar-refractivity contribution in [1.82, 2.24) is 15.0 Å². The van der Waals surface area contributed by atoms with Crippen LogP contribution in [-0.4, -0.2) is 60.6 Å². The molecule has 0 aliphatic carbocycles. The minimum Gasteiger partial charge on any atom is -0.455 e. The van der Waals surface area contributed by atoms with Gasteiger partial charge in [0.15, 0.2) is 0 Å². The average Bonchev–Trinajstić information content (AvgIpc) is 3.54. The Bertz CT molecular complexity index is 1140. The summed E-state index contributed by atoms with van der Waals surface area (Å²) in [4.78, 5) is 18.1. The van der Waals surface area contributed by atoms with E-state index in [0.717, 1.165) is 44.6 Å². The SMILES string of the molecule is Clc1cccc(-c2ccc(C=NNc3nc(N4CCCC4)nc(N4CCOCC4)n3)o2)c1Cl. The molecule has 0 bridgehead atoms. The zero-order valence-electron chi connectivity index (χ0n) is 17.9. The Morgan fingerprint density at radius 1 is 0.909 bits per heavy atom. The highest BCUT2D eigenvalue weighted by Gasteiger charge is 2.21. The summed E-state index contributed by atoms with van der Waals surface area (Å²) < 4.78 is 11.3. The van der Waals surface area contributed by atoms with E-state index in [1.54, 1.807) is 18.3 Å². The van der Waals surface area contributed by atoms with Gasteiger partial charge >= 0.3 is 0 Å². The van der Waals surface area contributed by atoms with Crippen molar-refractivity contribution in [2.45, 2.75) is 12.8 Å². The lowest BCUT2D eigenvalue weighted by Crippen LogP contribution is -2.38. The normalized spacial score (nSPS) is 16.7. The third kappa shape index (κ3) is 5.05. The largest absolute Gasteiger partial charge is 0.455 e. The van der Waals surface area contributed by atoms with E-state index in [0.29, 0.717) is 52.6 Å². The number of benzene rings is 1. The fourth-order valence-electron chi connectivity index (χ4n) is 3.78. The maximum atomic E-state index is 6.29. The van der Waals surface area contributed by atoms with Crippen LogP contribution in [0.25, 0.3) is 11.3 Å². The summed E-state index contributed by atoms with van der Waals surface area (Å²) in [5.74, 6) is 2.83. The van der Waals surface area contributed by atoms with Crippen molar-refractivity contribution in [3.63, 3.8) is 0 Å². The molecule has 172 valence electrons. The molecule has 2 aromatic heterocycles. The summed E-state index contributed by atoms with van der Waals surface area (Å²) in [7, 11) is 0. The molecule has 33 heavy (non-hydrogen) atoms. The second kappa shape index (κ2) is 9.94. The number of rotatable bonds is 6. The Morgan fingerprint density at radius 3 is 2.39 bits per heavy atom. The van der Waals surface area contributed by atoms with Gasteiger partial charge in [-0.25, -0.2) is 5.43 Å². The summed E-state index contributed by atoms with van der Waals surface area (Å²) in [6.45, 7) is 4.68. The maximum absolute atomic E-state index is 6.29. The number of hydrazone groups is 1. The van der Waals surface area contributed by atoms with Crippen molar-refractivity contribution in [2.75, 3.05) is 54.6 Å². The molecule has 3 aromatic rings. The van der Waals surface area contributed by atoms with Gasteiger partial charge in [0.25, 0.3) is 0 Å². The average molecular weight is 488 g/mol.